The Bertz CT molecular complexity index is 1100. The predicted molar refractivity (Wildman–Crippen MR) is 124 cm³/mol. The van der Waals surface area contributed by atoms with E-state index in [0.29, 0.717) is 12.1 Å². The molecule has 1 heterocycles. The molecule has 0 bridgehead atoms. The number of aliphatic hydroxyl groups excluding tert-OH is 1. The number of carbonyl (C=O) groups excluding carboxylic acids is 2. The maximum absolute atomic E-state index is 15.5. The minimum atomic E-state index is -1.39. The number of benzene rings is 2. The Morgan fingerprint density at radius 3 is 2.39 bits per heavy atom. The van der Waals surface area contributed by atoms with Gasteiger partial charge in [-0.25, -0.2) is 22.0 Å². The van der Waals surface area contributed by atoms with Gasteiger partial charge in [-0.2, -0.15) is 9.59 Å². The van der Waals surface area contributed by atoms with E-state index in [1.54, 1.807) is 17.0 Å². The summed E-state index contributed by atoms with van der Waals surface area (Å²) < 4.78 is 72.2. The van der Waals surface area contributed by atoms with E-state index in [4.69, 9.17) is 9.59 Å². The Morgan fingerprint density at radius 2 is 1.83 bits per heavy atom. The van der Waals surface area contributed by atoms with Crippen LogP contribution in [0.2, 0.25) is 0 Å². The molecule has 1 spiro atoms. The van der Waals surface area contributed by atoms with E-state index in [1.807, 2.05) is 0 Å². The highest BCUT2D eigenvalue weighted by Gasteiger charge is 2.59. The van der Waals surface area contributed by atoms with Crippen molar-refractivity contribution >= 4 is 18.1 Å². The number of halogens is 5. The molecule has 2 N–H and O–H groups in total. The zero-order valence-corrected chi connectivity index (χ0v) is 20.0. The van der Waals surface area contributed by atoms with Gasteiger partial charge in [-0.15, -0.1) is 0 Å². The van der Waals surface area contributed by atoms with E-state index in [-0.39, 0.29) is 40.9 Å². The van der Waals surface area contributed by atoms with E-state index in [0.717, 1.165) is 43.0 Å². The molecule has 5 nitrogen and oxygen atoms in total. The van der Waals surface area contributed by atoms with Gasteiger partial charge in [0.2, 0.25) is 0 Å². The summed E-state index contributed by atoms with van der Waals surface area (Å²) in [5, 5.41) is 10.1. The van der Waals surface area contributed by atoms with E-state index in [1.165, 1.54) is 6.07 Å². The average molecular weight is 529 g/mol. The molecule has 2 aromatic carbocycles. The van der Waals surface area contributed by atoms with Crippen LogP contribution in [0.1, 0.15) is 18.4 Å². The van der Waals surface area contributed by atoms with Crippen LogP contribution in [0, 0.1) is 22.9 Å². The number of nitrogens with one attached hydrogen (secondary N) is 1. The maximum atomic E-state index is 15.5. The van der Waals surface area contributed by atoms with Gasteiger partial charge in [0.1, 0.15) is 36.2 Å². The molecule has 0 aromatic heterocycles. The minimum absolute atomic E-state index is 0.0573. The molecule has 1 saturated carbocycles. The first kappa shape index (κ1) is 27.9. The number of hydrogen-bond donors (Lipinski definition) is 2. The number of likely N-dealkylation sites (tertiary alicyclic amines) is 1. The molecular weight excluding hydrogens is 503 g/mol. The molecule has 0 radical (unpaired) electrons. The predicted octanol–water partition coefficient (Wildman–Crippen LogP) is 4.57. The molecule has 1 aliphatic heterocycles. The van der Waals surface area contributed by atoms with Gasteiger partial charge in [-0.1, -0.05) is 24.8 Å². The third-order valence-corrected chi connectivity index (χ3v) is 7.20. The Hall–Kier alpha value is -2.72. The van der Waals surface area contributed by atoms with E-state index >= 15 is 4.39 Å². The van der Waals surface area contributed by atoms with Crippen molar-refractivity contribution in [2.24, 2.45) is 5.41 Å². The largest absolute Gasteiger partial charge is 0.384 e. The van der Waals surface area contributed by atoms with Crippen LogP contribution in [0.5, 0.6) is 0 Å². The lowest BCUT2D eigenvalue weighted by Crippen LogP contribution is -2.45. The summed E-state index contributed by atoms with van der Waals surface area (Å²) >= 11 is 0.911. The fourth-order valence-electron chi connectivity index (χ4n) is 4.82. The molecule has 2 aliphatic rings. The molecule has 2 aromatic rings. The topological polar surface area (TPSA) is 69.6 Å². The van der Waals surface area contributed by atoms with Crippen LogP contribution >= 0.6 is 11.9 Å². The lowest BCUT2D eigenvalue weighted by Gasteiger charge is -2.33. The second kappa shape index (κ2) is 12.0. The lowest BCUT2D eigenvalue weighted by atomic mass is 9.91. The molecule has 2 fully saturated rings. The Balaban J connectivity index is 0.00000115. The first-order valence-electron chi connectivity index (χ1n) is 11.1. The maximum Gasteiger partial charge on any atom is 0.373 e. The quantitative estimate of drug-likeness (QED) is 0.367. The Morgan fingerprint density at radius 1 is 1.19 bits per heavy atom. The number of hydrogen-bond acceptors (Lipinski definition) is 6. The standard InChI is InChI=1S/C24H25F5N2OS.CO2/c1-14(21(32)11-25)31-12-24(5-6-24)23(30-33-13-26)20(31)9-15-3-2-4-19(22(15)29)16-7-17(27)10-18(28)8-16;2-1-3/h2-4,7-8,10,20-21,23,30,32H,1,5-6,9,11-13H2;/t20?,21-,23?;/m1./s1. The van der Waals surface area contributed by atoms with Gasteiger partial charge >= 0.3 is 6.15 Å². The molecule has 3 atom stereocenters. The number of alkyl halides is 2. The third kappa shape index (κ3) is 5.98. The summed E-state index contributed by atoms with van der Waals surface area (Å²) in [6, 6.07) is 6.17. The van der Waals surface area contributed by atoms with Crippen LogP contribution in [0.15, 0.2) is 48.7 Å². The second-order valence-electron chi connectivity index (χ2n) is 8.79. The molecule has 194 valence electrons. The van der Waals surface area contributed by atoms with E-state index < -0.39 is 42.3 Å². The highest BCUT2D eigenvalue weighted by molar-refractivity contribution is 7.97. The molecule has 36 heavy (non-hydrogen) atoms. The van der Waals surface area contributed by atoms with Crippen LogP contribution in [0.3, 0.4) is 0 Å². The van der Waals surface area contributed by atoms with Crippen molar-refractivity contribution < 1.29 is 36.6 Å². The van der Waals surface area contributed by atoms with Gasteiger partial charge in [0.05, 0.1) is 0 Å². The summed E-state index contributed by atoms with van der Waals surface area (Å²) in [4.78, 5) is 18.0. The molecule has 1 saturated heterocycles. The number of nitrogens with zero attached hydrogens (tertiary/aromatic N) is 1. The summed E-state index contributed by atoms with van der Waals surface area (Å²) in [5.74, 6) is -2.24. The summed E-state index contributed by atoms with van der Waals surface area (Å²) in [6.07, 6.45) is 0.757. The van der Waals surface area contributed by atoms with Crippen LogP contribution < -0.4 is 4.72 Å². The fraction of sp³-hybridized carbons (Fsp3) is 0.400. The summed E-state index contributed by atoms with van der Waals surface area (Å²) in [7, 11) is 0. The van der Waals surface area contributed by atoms with Crippen molar-refractivity contribution in [3.05, 3.63) is 71.7 Å². The first-order chi connectivity index (χ1) is 17.2. The van der Waals surface area contributed by atoms with E-state index in [9.17, 15) is 22.7 Å². The van der Waals surface area contributed by atoms with Crippen LogP contribution in [-0.4, -0.2) is 53.6 Å². The minimum Gasteiger partial charge on any atom is -0.384 e. The first-order valence-corrected chi connectivity index (χ1v) is 12.1. The summed E-state index contributed by atoms with van der Waals surface area (Å²) in [6.45, 7) is 3.36. The Labute approximate surface area is 209 Å². The molecule has 4 rings (SSSR count). The fourth-order valence-corrected chi connectivity index (χ4v) is 5.47. The van der Waals surface area contributed by atoms with Crippen molar-refractivity contribution in [1.82, 2.24) is 9.62 Å². The second-order valence-corrected chi connectivity index (χ2v) is 9.53. The summed E-state index contributed by atoms with van der Waals surface area (Å²) in [5.41, 5.74) is 0.443. The lowest BCUT2D eigenvalue weighted by molar-refractivity contribution is -0.191. The van der Waals surface area contributed by atoms with E-state index in [2.05, 4.69) is 11.3 Å². The van der Waals surface area contributed by atoms with Gasteiger partial charge in [-0.3, -0.25) is 4.72 Å². The van der Waals surface area contributed by atoms with Crippen LogP contribution in [0.4, 0.5) is 22.0 Å². The van der Waals surface area contributed by atoms with Crippen molar-refractivity contribution in [2.75, 3.05) is 19.2 Å². The van der Waals surface area contributed by atoms with Gasteiger partial charge in [0.25, 0.3) is 0 Å². The molecule has 1 aliphatic carbocycles. The number of aliphatic hydroxyl groups is 1. The molecule has 2 unspecified atom stereocenters. The van der Waals surface area contributed by atoms with Crippen LogP contribution in [-0.2, 0) is 16.0 Å². The zero-order chi connectivity index (χ0) is 26.5. The van der Waals surface area contributed by atoms with Gasteiger partial charge in [0.15, 0.2) is 0 Å². The van der Waals surface area contributed by atoms with Crippen LogP contribution in [0.25, 0.3) is 11.1 Å². The average Bonchev–Trinajstić information content (AvgIpc) is 3.55. The smallest absolute Gasteiger partial charge is 0.373 e. The SMILES string of the molecule is C=C([C@H](O)CF)N1CC2(CC2)C(NSCF)C1Cc1cccc(-c2cc(F)cc(F)c2)c1F.O=C=O. The zero-order valence-electron chi connectivity index (χ0n) is 19.2. The van der Waals surface area contributed by atoms with Gasteiger partial charge in [0, 0.05) is 41.4 Å². The molecule has 11 heteroatoms. The van der Waals surface area contributed by atoms with Crippen molar-refractivity contribution in [1.29, 1.82) is 0 Å². The van der Waals surface area contributed by atoms with Crippen molar-refractivity contribution in [3.8, 4) is 11.1 Å². The molecular formula is C25H25F5N2O3S. The molecule has 0 amide bonds. The highest BCUT2D eigenvalue weighted by atomic mass is 32.2. The number of rotatable bonds is 9. The normalized spacial score (nSPS) is 20.4. The van der Waals surface area contributed by atoms with Gasteiger partial charge < -0.3 is 10.0 Å². The van der Waals surface area contributed by atoms with Crippen molar-refractivity contribution in [3.63, 3.8) is 0 Å². The monoisotopic (exact) mass is 528 g/mol. The van der Waals surface area contributed by atoms with Gasteiger partial charge in [-0.05, 0) is 54.5 Å². The highest BCUT2D eigenvalue weighted by Crippen LogP contribution is 2.56. The Kier molecular flexibility index (Phi) is 9.30. The third-order valence-electron chi connectivity index (χ3n) is 6.67. The van der Waals surface area contributed by atoms with Crippen molar-refractivity contribution in [2.45, 2.75) is 37.5 Å².